The Morgan fingerprint density at radius 3 is 3.08 bits per heavy atom. The molecular weight excluding hydrogens is 158 g/mol. The molecule has 0 saturated carbocycles. The monoisotopic (exact) mass is 165 g/mol. The third-order valence-electron chi connectivity index (χ3n) is 1.63. The van der Waals surface area contributed by atoms with E-state index >= 15 is 0 Å². The Labute approximate surface area is 67.8 Å². The highest BCUT2D eigenvalue weighted by Crippen LogP contribution is 2.21. The zero-order valence-electron chi connectivity index (χ0n) is 6.46. The Balaban J connectivity index is 2.87. The number of hydrogen-bond donors (Lipinski definition) is 1. The van der Waals surface area contributed by atoms with Gasteiger partial charge in [0.25, 0.3) is 0 Å². The first-order chi connectivity index (χ1) is 5.81. The summed E-state index contributed by atoms with van der Waals surface area (Å²) < 4.78 is 9.84. The van der Waals surface area contributed by atoms with E-state index in [1.54, 1.807) is 18.2 Å². The number of rotatable bonds is 1. The Hall–Kier alpha value is -1.71. The minimum absolute atomic E-state index is 0.463. The molecule has 0 aliphatic heterocycles. The number of benzene rings is 1. The van der Waals surface area contributed by atoms with Crippen molar-refractivity contribution in [3.63, 3.8) is 0 Å². The van der Waals surface area contributed by atoms with E-state index in [1.165, 1.54) is 7.11 Å². The molecule has 0 aliphatic rings. The lowest BCUT2D eigenvalue weighted by Crippen LogP contribution is -1.92. The number of oxazole rings is 1. The summed E-state index contributed by atoms with van der Waals surface area (Å²) >= 11 is 0. The second kappa shape index (κ2) is 2.41. The lowest BCUT2D eigenvalue weighted by atomic mass is 10.3. The highest BCUT2D eigenvalue weighted by atomic mass is 16.5. The Morgan fingerprint density at radius 2 is 2.33 bits per heavy atom. The van der Waals surface area contributed by atoms with Gasteiger partial charge in [-0.05, 0) is 12.1 Å². The van der Waals surface area contributed by atoms with Crippen molar-refractivity contribution >= 4 is 11.1 Å². The number of ether oxygens (including phenoxy) is 1. The van der Waals surface area contributed by atoms with Crippen LogP contribution in [0.4, 0.5) is 0 Å². The van der Waals surface area contributed by atoms with Crippen LogP contribution < -0.4 is 10.5 Å². The van der Waals surface area contributed by atoms with E-state index in [1.807, 2.05) is 0 Å². The summed E-state index contributed by atoms with van der Waals surface area (Å²) in [5.41, 5.74) is 1.12. The number of H-pyrrole nitrogens is 1. The van der Waals surface area contributed by atoms with Crippen LogP contribution in [0.5, 0.6) is 5.75 Å². The van der Waals surface area contributed by atoms with Gasteiger partial charge in [-0.3, -0.25) is 4.98 Å². The van der Waals surface area contributed by atoms with E-state index < -0.39 is 5.76 Å². The molecule has 0 unspecified atom stereocenters. The van der Waals surface area contributed by atoms with E-state index in [0.717, 1.165) is 0 Å². The Kier molecular flexibility index (Phi) is 1.40. The van der Waals surface area contributed by atoms with Crippen LogP contribution in [0.2, 0.25) is 0 Å². The van der Waals surface area contributed by atoms with Gasteiger partial charge in [-0.15, -0.1) is 0 Å². The van der Waals surface area contributed by atoms with Gasteiger partial charge in [0.15, 0.2) is 11.3 Å². The van der Waals surface area contributed by atoms with E-state index in [9.17, 15) is 4.79 Å². The zero-order valence-corrected chi connectivity index (χ0v) is 6.46. The summed E-state index contributed by atoms with van der Waals surface area (Å²) in [5.74, 6) is 0.0975. The van der Waals surface area contributed by atoms with Gasteiger partial charge in [0, 0.05) is 0 Å². The van der Waals surface area contributed by atoms with Gasteiger partial charge in [0.1, 0.15) is 0 Å². The molecule has 0 bridgehead atoms. The second-order valence-electron chi connectivity index (χ2n) is 2.35. The molecule has 4 heteroatoms. The number of nitrogens with one attached hydrogen (secondary N) is 1. The number of aromatic nitrogens is 1. The predicted molar refractivity (Wildman–Crippen MR) is 43.4 cm³/mol. The van der Waals surface area contributed by atoms with Crippen LogP contribution in [0.15, 0.2) is 27.4 Å². The topological polar surface area (TPSA) is 55.2 Å². The first-order valence-corrected chi connectivity index (χ1v) is 3.47. The normalized spacial score (nSPS) is 10.4. The predicted octanol–water partition coefficient (Wildman–Crippen LogP) is 1.13. The fraction of sp³-hybridized carbons (Fsp3) is 0.125. The summed E-state index contributed by atoms with van der Waals surface area (Å²) in [6.07, 6.45) is 0. The summed E-state index contributed by atoms with van der Waals surface area (Å²) in [7, 11) is 1.53. The number of aromatic amines is 1. The highest BCUT2D eigenvalue weighted by Gasteiger charge is 2.05. The van der Waals surface area contributed by atoms with Crippen molar-refractivity contribution in [1.29, 1.82) is 0 Å². The summed E-state index contributed by atoms with van der Waals surface area (Å²) in [6.45, 7) is 0. The van der Waals surface area contributed by atoms with Gasteiger partial charge in [0.2, 0.25) is 0 Å². The third kappa shape index (κ3) is 0.887. The summed E-state index contributed by atoms with van der Waals surface area (Å²) in [6, 6.07) is 5.27. The van der Waals surface area contributed by atoms with Gasteiger partial charge in [-0.2, -0.15) is 0 Å². The van der Waals surface area contributed by atoms with Crippen LogP contribution in [-0.4, -0.2) is 12.1 Å². The van der Waals surface area contributed by atoms with Gasteiger partial charge < -0.3 is 9.15 Å². The molecular formula is C8H7NO3. The highest BCUT2D eigenvalue weighted by molar-refractivity contribution is 5.78. The second-order valence-corrected chi connectivity index (χ2v) is 2.35. The van der Waals surface area contributed by atoms with Crippen LogP contribution >= 0.6 is 0 Å². The molecule has 1 N–H and O–H groups in total. The Morgan fingerprint density at radius 1 is 1.50 bits per heavy atom. The molecule has 62 valence electrons. The molecule has 12 heavy (non-hydrogen) atoms. The van der Waals surface area contributed by atoms with Gasteiger partial charge in [0.05, 0.1) is 12.6 Å². The first kappa shape index (κ1) is 6.97. The van der Waals surface area contributed by atoms with Gasteiger partial charge in [-0.1, -0.05) is 6.07 Å². The zero-order chi connectivity index (χ0) is 8.55. The fourth-order valence-electron chi connectivity index (χ4n) is 1.11. The van der Waals surface area contributed by atoms with Crippen molar-refractivity contribution in [2.75, 3.05) is 7.11 Å². The molecule has 2 aromatic rings. The van der Waals surface area contributed by atoms with Gasteiger partial charge in [-0.25, -0.2) is 4.79 Å². The third-order valence-corrected chi connectivity index (χ3v) is 1.63. The van der Waals surface area contributed by atoms with Crippen molar-refractivity contribution in [2.45, 2.75) is 0 Å². The van der Waals surface area contributed by atoms with Crippen LogP contribution in [0.25, 0.3) is 11.1 Å². The molecule has 4 nitrogen and oxygen atoms in total. The van der Waals surface area contributed by atoms with Crippen molar-refractivity contribution in [1.82, 2.24) is 4.98 Å². The molecule has 0 aliphatic carbocycles. The van der Waals surface area contributed by atoms with Gasteiger partial charge >= 0.3 is 5.76 Å². The minimum Gasteiger partial charge on any atom is -0.493 e. The SMILES string of the molecule is COc1cccc2[nH]c(=O)oc12. The first-order valence-electron chi connectivity index (χ1n) is 3.47. The van der Waals surface area contributed by atoms with E-state index in [-0.39, 0.29) is 0 Å². The number of fused-ring (bicyclic) bond motifs is 1. The maximum absolute atomic E-state index is 10.8. The minimum atomic E-state index is -0.463. The van der Waals surface area contributed by atoms with Crippen LogP contribution in [0, 0.1) is 0 Å². The van der Waals surface area contributed by atoms with Crippen LogP contribution in [-0.2, 0) is 0 Å². The van der Waals surface area contributed by atoms with E-state index in [4.69, 9.17) is 9.15 Å². The molecule has 0 spiro atoms. The molecule has 1 aromatic carbocycles. The van der Waals surface area contributed by atoms with E-state index in [2.05, 4.69) is 4.98 Å². The summed E-state index contributed by atoms with van der Waals surface area (Å²) in [4.78, 5) is 13.3. The molecule has 0 fully saturated rings. The van der Waals surface area contributed by atoms with Crippen LogP contribution in [0.3, 0.4) is 0 Å². The lowest BCUT2D eigenvalue weighted by molar-refractivity contribution is 0.407. The molecule has 0 saturated heterocycles. The molecule has 0 radical (unpaired) electrons. The Bertz CT molecular complexity index is 455. The number of hydrogen-bond acceptors (Lipinski definition) is 3. The average Bonchev–Trinajstić information content (AvgIpc) is 2.44. The van der Waals surface area contributed by atoms with Crippen molar-refractivity contribution < 1.29 is 9.15 Å². The van der Waals surface area contributed by atoms with E-state index in [0.29, 0.717) is 16.8 Å². The fourth-order valence-corrected chi connectivity index (χ4v) is 1.11. The lowest BCUT2D eigenvalue weighted by Gasteiger charge is -1.96. The number of methoxy groups -OCH3 is 1. The number of para-hydroxylation sites is 1. The van der Waals surface area contributed by atoms with Crippen molar-refractivity contribution in [3.05, 3.63) is 28.7 Å². The maximum atomic E-state index is 10.8. The summed E-state index contributed by atoms with van der Waals surface area (Å²) in [5, 5.41) is 0. The quantitative estimate of drug-likeness (QED) is 0.689. The molecule has 0 atom stereocenters. The average molecular weight is 165 g/mol. The van der Waals surface area contributed by atoms with Crippen LogP contribution in [0.1, 0.15) is 0 Å². The standard InChI is InChI=1S/C8H7NO3/c1-11-6-4-2-3-5-7(6)12-8(10)9-5/h2-4H,1H3,(H,9,10). The molecule has 1 heterocycles. The smallest absolute Gasteiger partial charge is 0.417 e. The molecule has 1 aromatic heterocycles. The maximum Gasteiger partial charge on any atom is 0.417 e. The van der Waals surface area contributed by atoms with Crippen molar-refractivity contribution in [3.8, 4) is 5.75 Å². The molecule has 2 rings (SSSR count). The molecule has 0 amide bonds. The largest absolute Gasteiger partial charge is 0.493 e. The van der Waals surface area contributed by atoms with Crippen molar-refractivity contribution in [2.24, 2.45) is 0 Å².